The summed E-state index contributed by atoms with van der Waals surface area (Å²) in [4.78, 5) is 47.2. The van der Waals surface area contributed by atoms with Gasteiger partial charge in [0.25, 0.3) is 0 Å². The number of aliphatic carboxylic acids is 2. The summed E-state index contributed by atoms with van der Waals surface area (Å²) >= 11 is 0. The Hall–Kier alpha value is -3.36. The second kappa shape index (κ2) is 7.90. The van der Waals surface area contributed by atoms with Gasteiger partial charge in [-0.25, -0.2) is 4.79 Å². The number of carbonyl (C=O) groups is 3. The molecule has 1 heterocycles. The summed E-state index contributed by atoms with van der Waals surface area (Å²) < 4.78 is 10.5. The van der Waals surface area contributed by atoms with E-state index in [9.17, 15) is 19.2 Å². The third-order valence-corrected chi connectivity index (χ3v) is 4.21. The van der Waals surface area contributed by atoms with E-state index in [0.717, 1.165) is 0 Å². The molecule has 0 atom stereocenters. The summed E-state index contributed by atoms with van der Waals surface area (Å²) in [5.41, 5.74) is 0.784. The number of carboxylic acid groups (broad SMARTS) is 2. The lowest BCUT2D eigenvalue weighted by molar-refractivity contribution is -0.149. The molecule has 0 radical (unpaired) electrons. The van der Waals surface area contributed by atoms with Crippen molar-refractivity contribution in [2.45, 2.75) is 20.3 Å². The van der Waals surface area contributed by atoms with Gasteiger partial charge in [0.1, 0.15) is 24.4 Å². The van der Waals surface area contributed by atoms with Gasteiger partial charge in [0, 0.05) is 10.9 Å². The SMILES string of the molecule is COc1ccc2c(C)c(CC(=O)N(CC(=O)O)CC(=O)O)c(=O)oc2c1C. The molecule has 0 bridgehead atoms. The number of ether oxygens (including phenoxy) is 1. The lowest BCUT2D eigenvalue weighted by atomic mass is 10.0. The minimum Gasteiger partial charge on any atom is -0.496 e. The molecule has 1 aromatic carbocycles. The monoisotopic (exact) mass is 377 g/mol. The smallest absolute Gasteiger partial charge is 0.340 e. The van der Waals surface area contributed by atoms with Crippen LogP contribution in [0.5, 0.6) is 5.75 Å². The first kappa shape index (κ1) is 20.0. The quantitative estimate of drug-likeness (QED) is 0.681. The highest BCUT2D eigenvalue weighted by molar-refractivity contribution is 5.89. The van der Waals surface area contributed by atoms with Crippen LogP contribution in [0.15, 0.2) is 21.3 Å². The molecule has 27 heavy (non-hydrogen) atoms. The number of amides is 1. The molecular formula is C18H19NO8. The Labute approximate surface area is 153 Å². The van der Waals surface area contributed by atoms with E-state index in [4.69, 9.17) is 19.4 Å². The van der Waals surface area contributed by atoms with Crippen LogP contribution in [0.25, 0.3) is 11.0 Å². The summed E-state index contributed by atoms with van der Waals surface area (Å²) in [6.45, 7) is 1.82. The Morgan fingerprint density at radius 3 is 2.19 bits per heavy atom. The van der Waals surface area contributed by atoms with Crippen molar-refractivity contribution in [3.63, 3.8) is 0 Å². The molecule has 9 nitrogen and oxygen atoms in total. The topological polar surface area (TPSA) is 134 Å². The Kier molecular flexibility index (Phi) is 5.84. The number of hydrogen-bond donors (Lipinski definition) is 2. The summed E-state index contributed by atoms with van der Waals surface area (Å²) in [7, 11) is 1.49. The van der Waals surface area contributed by atoms with Gasteiger partial charge < -0.3 is 24.3 Å². The molecule has 0 saturated carbocycles. The van der Waals surface area contributed by atoms with E-state index in [2.05, 4.69) is 0 Å². The van der Waals surface area contributed by atoms with Gasteiger partial charge in [-0.05, 0) is 31.5 Å². The van der Waals surface area contributed by atoms with Crippen LogP contribution in [0.3, 0.4) is 0 Å². The number of methoxy groups -OCH3 is 1. The minimum absolute atomic E-state index is 0.0536. The highest BCUT2D eigenvalue weighted by Crippen LogP contribution is 2.29. The normalized spacial score (nSPS) is 10.6. The minimum atomic E-state index is -1.35. The van der Waals surface area contributed by atoms with E-state index in [1.807, 2.05) is 0 Å². The van der Waals surface area contributed by atoms with Crippen LogP contribution >= 0.6 is 0 Å². The maximum Gasteiger partial charge on any atom is 0.340 e. The molecule has 0 aliphatic rings. The molecule has 0 fully saturated rings. The van der Waals surface area contributed by atoms with Crippen LogP contribution in [-0.2, 0) is 20.8 Å². The first-order valence-electron chi connectivity index (χ1n) is 7.97. The Morgan fingerprint density at radius 1 is 1.07 bits per heavy atom. The van der Waals surface area contributed by atoms with Crippen LogP contribution in [0.1, 0.15) is 16.7 Å². The van der Waals surface area contributed by atoms with Crippen molar-refractivity contribution >= 4 is 28.8 Å². The van der Waals surface area contributed by atoms with E-state index in [1.165, 1.54) is 7.11 Å². The highest BCUT2D eigenvalue weighted by atomic mass is 16.5. The second-order valence-corrected chi connectivity index (χ2v) is 5.98. The van der Waals surface area contributed by atoms with Crippen molar-refractivity contribution in [2.75, 3.05) is 20.2 Å². The highest BCUT2D eigenvalue weighted by Gasteiger charge is 2.23. The molecule has 0 unspecified atom stereocenters. The van der Waals surface area contributed by atoms with E-state index in [0.29, 0.717) is 32.7 Å². The van der Waals surface area contributed by atoms with Gasteiger partial charge in [0.2, 0.25) is 5.91 Å². The van der Waals surface area contributed by atoms with Crippen molar-refractivity contribution in [2.24, 2.45) is 0 Å². The average molecular weight is 377 g/mol. The average Bonchev–Trinajstić information content (AvgIpc) is 2.58. The molecule has 144 valence electrons. The number of nitrogens with zero attached hydrogens (tertiary/aromatic N) is 1. The number of carbonyl (C=O) groups excluding carboxylic acids is 1. The third kappa shape index (κ3) is 4.25. The molecule has 2 rings (SSSR count). The van der Waals surface area contributed by atoms with Crippen molar-refractivity contribution in [1.82, 2.24) is 4.90 Å². The molecule has 2 aromatic rings. The molecule has 0 saturated heterocycles. The molecular weight excluding hydrogens is 358 g/mol. The van der Waals surface area contributed by atoms with E-state index in [-0.39, 0.29) is 5.56 Å². The van der Waals surface area contributed by atoms with Crippen LogP contribution in [-0.4, -0.2) is 53.2 Å². The van der Waals surface area contributed by atoms with E-state index >= 15 is 0 Å². The number of hydrogen-bond acceptors (Lipinski definition) is 6. The zero-order chi connectivity index (χ0) is 20.3. The third-order valence-electron chi connectivity index (χ3n) is 4.21. The van der Waals surface area contributed by atoms with Crippen LogP contribution in [0.4, 0.5) is 0 Å². The number of carboxylic acids is 2. The van der Waals surface area contributed by atoms with Crippen LogP contribution < -0.4 is 10.4 Å². The largest absolute Gasteiger partial charge is 0.496 e. The van der Waals surface area contributed by atoms with Crippen molar-refractivity contribution in [3.05, 3.63) is 39.2 Å². The first-order chi connectivity index (χ1) is 12.6. The Balaban J connectivity index is 2.46. The summed E-state index contributed by atoms with van der Waals surface area (Å²) in [6.07, 6.45) is -0.463. The van der Waals surface area contributed by atoms with Gasteiger partial charge in [-0.3, -0.25) is 14.4 Å². The number of fused-ring (bicyclic) bond motifs is 1. The van der Waals surface area contributed by atoms with E-state index < -0.39 is 43.0 Å². The lowest BCUT2D eigenvalue weighted by Gasteiger charge is -2.19. The maximum atomic E-state index is 12.4. The van der Waals surface area contributed by atoms with Gasteiger partial charge in [0.05, 0.1) is 19.1 Å². The fraction of sp³-hybridized carbons (Fsp3) is 0.333. The maximum absolute atomic E-state index is 12.4. The Bertz CT molecular complexity index is 959. The summed E-state index contributed by atoms with van der Waals surface area (Å²) in [5.74, 6) is -2.95. The standard InChI is InChI=1S/C18H19NO8/c1-9-11-4-5-13(26-3)10(2)17(11)27-18(25)12(9)6-14(20)19(7-15(21)22)8-16(23)24/h4-5H,6-8H2,1-3H3,(H,21,22)(H,23,24). The predicted molar refractivity (Wildman–Crippen MR) is 94.1 cm³/mol. The van der Waals surface area contributed by atoms with Gasteiger partial charge in [-0.2, -0.15) is 0 Å². The van der Waals surface area contributed by atoms with Crippen LogP contribution in [0, 0.1) is 13.8 Å². The Morgan fingerprint density at radius 2 is 1.67 bits per heavy atom. The van der Waals surface area contributed by atoms with Gasteiger partial charge in [-0.1, -0.05) is 0 Å². The molecule has 0 aliphatic carbocycles. The second-order valence-electron chi connectivity index (χ2n) is 5.98. The molecule has 9 heteroatoms. The zero-order valence-electron chi connectivity index (χ0n) is 15.1. The van der Waals surface area contributed by atoms with Crippen molar-refractivity contribution in [3.8, 4) is 5.75 Å². The van der Waals surface area contributed by atoms with Gasteiger partial charge in [0.15, 0.2) is 0 Å². The fourth-order valence-corrected chi connectivity index (χ4v) is 2.82. The van der Waals surface area contributed by atoms with Crippen molar-refractivity contribution in [1.29, 1.82) is 0 Å². The van der Waals surface area contributed by atoms with Crippen LogP contribution in [0.2, 0.25) is 0 Å². The molecule has 0 aliphatic heterocycles. The number of rotatable bonds is 7. The van der Waals surface area contributed by atoms with Gasteiger partial charge >= 0.3 is 17.6 Å². The lowest BCUT2D eigenvalue weighted by Crippen LogP contribution is -2.40. The first-order valence-corrected chi connectivity index (χ1v) is 7.97. The predicted octanol–water partition coefficient (Wildman–Crippen LogP) is 0.959. The molecule has 0 spiro atoms. The zero-order valence-corrected chi connectivity index (χ0v) is 15.1. The fourth-order valence-electron chi connectivity index (χ4n) is 2.82. The molecule has 1 aromatic heterocycles. The summed E-state index contributed by atoms with van der Waals surface area (Å²) in [5, 5.41) is 18.3. The van der Waals surface area contributed by atoms with Crippen molar-refractivity contribution < 1.29 is 33.8 Å². The number of aryl methyl sites for hydroxylation is 2. The van der Waals surface area contributed by atoms with E-state index in [1.54, 1.807) is 26.0 Å². The molecule has 1 amide bonds. The van der Waals surface area contributed by atoms with Gasteiger partial charge in [-0.15, -0.1) is 0 Å². The number of benzene rings is 1. The summed E-state index contributed by atoms with van der Waals surface area (Å²) in [6, 6.07) is 3.40. The molecule has 2 N–H and O–H groups in total.